The average molecular weight is 583 g/mol. The highest BCUT2D eigenvalue weighted by Crippen LogP contribution is 2.33. The molecule has 0 atom stereocenters. The van der Waals surface area contributed by atoms with E-state index in [1.54, 1.807) is 30.6 Å². The Balaban J connectivity index is 1.14. The molecule has 214 valence electrons. The van der Waals surface area contributed by atoms with Crippen LogP contribution >= 0.6 is 0 Å². The van der Waals surface area contributed by atoms with E-state index in [4.69, 9.17) is 4.98 Å². The first-order chi connectivity index (χ1) is 21.5. The van der Waals surface area contributed by atoms with Crippen molar-refractivity contribution in [3.63, 3.8) is 0 Å². The summed E-state index contributed by atoms with van der Waals surface area (Å²) in [5.41, 5.74) is 7.07. The topological polar surface area (TPSA) is 141 Å². The molecule has 0 saturated carbocycles. The number of anilines is 1. The number of benzene rings is 3. The molecule has 0 fully saturated rings. The number of halogens is 1. The van der Waals surface area contributed by atoms with Gasteiger partial charge in [-0.3, -0.25) is 20.2 Å². The van der Waals surface area contributed by atoms with Crippen molar-refractivity contribution < 1.29 is 14.0 Å². The van der Waals surface area contributed by atoms with Gasteiger partial charge in [-0.25, -0.2) is 19.2 Å². The van der Waals surface area contributed by atoms with E-state index >= 15 is 0 Å². The van der Waals surface area contributed by atoms with Crippen LogP contribution in [0.2, 0.25) is 0 Å². The van der Waals surface area contributed by atoms with Crippen molar-refractivity contribution in [3.8, 4) is 33.8 Å². The highest BCUT2D eigenvalue weighted by Gasteiger charge is 2.17. The van der Waals surface area contributed by atoms with E-state index in [0.29, 0.717) is 28.4 Å². The van der Waals surface area contributed by atoms with Crippen molar-refractivity contribution in [2.45, 2.75) is 6.42 Å². The van der Waals surface area contributed by atoms with Gasteiger partial charge in [0.25, 0.3) is 0 Å². The summed E-state index contributed by atoms with van der Waals surface area (Å²) in [7, 11) is 0. The Morgan fingerprint density at radius 2 is 1.66 bits per heavy atom. The molecule has 7 rings (SSSR count). The van der Waals surface area contributed by atoms with E-state index in [9.17, 15) is 14.0 Å². The lowest BCUT2D eigenvalue weighted by Gasteiger charge is -2.08. The number of hydrogen-bond acceptors (Lipinski definition) is 6. The summed E-state index contributed by atoms with van der Waals surface area (Å²) in [5, 5.41) is 13.1. The van der Waals surface area contributed by atoms with Gasteiger partial charge in [-0.1, -0.05) is 54.6 Å². The van der Waals surface area contributed by atoms with Crippen molar-refractivity contribution in [2.24, 2.45) is 0 Å². The molecule has 0 saturated heterocycles. The van der Waals surface area contributed by atoms with E-state index < -0.39 is 11.9 Å². The number of carbonyl (C=O) groups excluding carboxylic acids is 2. The molecule has 3 amide bonds. The van der Waals surface area contributed by atoms with Gasteiger partial charge < -0.3 is 10.3 Å². The van der Waals surface area contributed by atoms with Gasteiger partial charge in [-0.05, 0) is 41.5 Å². The van der Waals surface area contributed by atoms with Crippen molar-refractivity contribution in [3.05, 3.63) is 115 Å². The number of urea groups is 1. The average Bonchev–Trinajstić information content (AvgIpc) is 3.66. The van der Waals surface area contributed by atoms with Crippen LogP contribution in [0.3, 0.4) is 0 Å². The van der Waals surface area contributed by atoms with Gasteiger partial charge in [0.05, 0.1) is 34.7 Å². The third-order valence-corrected chi connectivity index (χ3v) is 7.10. The summed E-state index contributed by atoms with van der Waals surface area (Å²) in [6, 6.07) is 24.3. The molecule has 0 aliphatic rings. The van der Waals surface area contributed by atoms with Crippen molar-refractivity contribution in [1.82, 2.24) is 35.5 Å². The standard InChI is InChI=1S/C33H23FN8O2/c34-23-11-9-20(10-12-23)25-7-4-8-27-29(25)40-32(38-27)30-26-15-22(17-36-31(26)42-41-30)21-14-24(18-35-16-21)37-33(44)39-28(43)13-19-5-2-1-3-6-19/h1-12,14-18H,13H2,(H,38,40)(H,36,41,42)(H2,37,39,43,44). The monoisotopic (exact) mass is 582 g/mol. The first-order valence-electron chi connectivity index (χ1n) is 13.7. The molecule has 0 spiro atoms. The van der Waals surface area contributed by atoms with Crippen LogP contribution in [-0.2, 0) is 11.2 Å². The molecule has 0 radical (unpaired) electrons. The number of pyridine rings is 2. The second-order valence-electron chi connectivity index (χ2n) is 10.1. The van der Waals surface area contributed by atoms with E-state index in [2.05, 4.69) is 35.8 Å². The third-order valence-electron chi connectivity index (χ3n) is 7.10. The van der Waals surface area contributed by atoms with Crippen LogP contribution in [0.15, 0.2) is 104 Å². The maximum Gasteiger partial charge on any atom is 0.325 e. The van der Waals surface area contributed by atoms with Gasteiger partial charge in [0.15, 0.2) is 11.5 Å². The number of imide groups is 1. The number of para-hydroxylation sites is 1. The zero-order valence-corrected chi connectivity index (χ0v) is 23.0. The molecular weight excluding hydrogens is 559 g/mol. The molecule has 3 aromatic carbocycles. The van der Waals surface area contributed by atoms with Crippen molar-refractivity contribution in [1.29, 1.82) is 0 Å². The Bertz CT molecular complexity index is 2160. The number of amides is 3. The van der Waals surface area contributed by atoms with Crippen LogP contribution < -0.4 is 10.6 Å². The number of hydrogen-bond donors (Lipinski definition) is 4. The molecule has 11 heteroatoms. The Labute approximate surface area is 249 Å². The molecule has 0 bridgehead atoms. The van der Waals surface area contributed by atoms with E-state index in [1.807, 2.05) is 54.6 Å². The first kappa shape index (κ1) is 26.7. The van der Waals surface area contributed by atoms with Crippen LogP contribution in [0.4, 0.5) is 14.9 Å². The third kappa shape index (κ3) is 5.37. The van der Waals surface area contributed by atoms with Crippen LogP contribution in [0, 0.1) is 5.82 Å². The summed E-state index contributed by atoms with van der Waals surface area (Å²) >= 11 is 0. The molecule has 0 aliphatic carbocycles. The number of aromatic nitrogens is 6. The predicted octanol–water partition coefficient (Wildman–Crippen LogP) is 6.26. The SMILES string of the molecule is O=C(Cc1ccccc1)NC(=O)Nc1cncc(-c2cnc3n[nH]c(-c4nc5c(-c6ccc(F)cc6)cccc5[nH]4)c3c2)c1. The normalized spacial score (nSPS) is 11.1. The largest absolute Gasteiger partial charge is 0.337 e. The molecule has 0 unspecified atom stereocenters. The van der Waals surface area contributed by atoms with Gasteiger partial charge >= 0.3 is 6.03 Å². The van der Waals surface area contributed by atoms with E-state index in [0.717, 1.165) is 38.7 Å². The zero-order chi connectivity index (χ0) is 30.0. The molecule has 44 heavy (non-hydrogen) atoms. The number of imidazole rings is 1. The van der Waals surface area contributed by atoms with Gasteiger partial charge in [-0.15, -0.1) is 0 Å². The smallest absolute Gasteiger partial charge is 0.325 e. The van der Waals surface area contributed by atoms with Gasteiger partial charge in [0, 0.05) is 29.1 Å². The number of carbonyl (C=O) groups is 2. The Morgan fingerprint density at radius 3 is 2.50 bits per heavy atom. The van der Waals surface area contributed by atoms with Crippen LogP contribution in [0.25, 0.3) is 55.8 Å². The van der Waals surface area contributed by atoms with Crippen LogP contribution in [-0.4, -0.2) is 42.1 Å². The fraction of sp³-hybridized carbons (Fsp3) is 0.0303. The van der Waals surface area contributed by atoms with Crippen molar-refractivity contribution >= 4 is 39.7 Å². The maximum atomic E-state index is 13.5. The number of nitrogens with one attached hydrogen (secondary N) is 4. The number of H-pyrrole nitrogens is 2. The minimum atomic E-state index is -0.652. The van der Waals surface area contributed by atoms with Gasteiger partial charge in [0.2, 0.25) is 5.91 Å². The van der Waals surface area contributed by atoms with E-state index in [1.165, 1.54) is 18.3 Å². The first-order valence-corrected chi connectivity index (χ1v) is 13.7. The number of aromatic amines is 2. The Hall–Kier alpha value is -6.23. The van der Waals surface area contributed by atoms with Crippen LogP contribution in [0.5, 0.6) is 0 Å². The summed E-state index contributed by atoms with van der Waals surface area (Å²) < 4.78 is 13.5. The molecule has 4 heterocycles. The maximum absolute atomic E-state index is 13.5. The minimum Gasteiger partial charge on any atom is -0.337 e. The number of fused-ring (bicyclic) bond motifs is 2. The van der Waals surface area contributed by atoms with Crippen molar-refractivity contribution in [2.75, 3.05) is 5.32 Å². The second kappa shape index (κ2) is 11.2. The lowest BCUT2D eigenvalue weighted by atomic mass is 10.0. The molecule has 0 aliphatic heterocycles. The molecule has 10 nitrogen and oxygen atoms in total. The molecule has 4 N–H and O–H groups in total. The zero-order valence-electron chi connectivity index (χ0n) is 23.0. The number of nitrogens with zero attached hydrogens (tertiary/aromatic N) is 4. The fourth-order valence-corrected chi connectivity index (χ4v) is 5.03. The van der Waals surface area contributed by atoms with E-state index in [-0.39, 0.29) is 12.2 Å². The summed E-state index contributed by atoms with van der Waals surface area (Å²) in [6.07, 6.45) is 4.90. The summed E-state index contributed by atoms with van der Waals surface area (Å²) in [6.45, 7) is 0. The second-order valence-corrected chi connectivity index (χ2v) is 10.1. The lowest BCUT2D eigenvalue weighted by molar-refractivity contribution is -0.119. The summed E-state index contributed by atoms with van der Waals surface area (Å²) in [5.74, 6) is -0.152. The molecule has 4 aromatic heterocycles. The highest BCUT2D eigenvalue weighted by atomic mass is 19.1. The van der Waals surface area contributed by atoms with Crippen LogP contribution in [0.1, 0.15) is 5.56 Å². The van der Waals surface area contributed by atoms with Gasteiger partial charge in [0.1, 0.15) is 11.5 Å². The minimum absolute atomic E-state index is 0.0873. The lowest BCUT2D eigenvalue weighted by Crippen LogP contribution is -2.35. The molecular formula is C33H23FN8O2. The quantitative estimate of drug-likeness (QED) is 0.182. The van der Waals surface area contributed by atoms with Gasteiger partial charge in [-0.2, -0.15) is 5.10 Å². The fourth-order valence-electron chi connectivity index (χ4n) is 5.03. The predicted molar refractivity (Wildman–Crippen MR) is 165 cm³/mol. The highest BCUT2D eigenvalue weighted by molar-refractivity contribution is 6.02. The summed E-state index contributed by atoms with van der Waals surface area (Å²) in [4.78, 5) is 41.8. The Morgan fingerprint density at radius 1 is 0.841 bits per heavy atom. The number of rotatable bonds is 6. The Kier molecular flexibility index (Phi) is 6.79. The molecule has 7 aromatic rings.